The first-order valence-corrected chi connectivity index (χ1v) is 8.15. The van der Waals surface area contributed by atoms with E-state index in [1.807, 2.05) is 25.1 Å². The van der Waals surface area contributed by atoms with Crippen molar-refractivity contribution in [3.8, 4) is 5.75 Å². The first-order valence-electron chi connectivity index (χ1n) is 7.21. The molecule has 0 aliphatic carbocycles. The molecule has 0 saturated heterocycles. The Morgan fingerprint density at radius 3 is 2.61 bits per heavy atom. The SMILES string of the molecule is CCN(C(=O)c1c(O)c2cscc2n(C)c1=O)c1ccccc1. The van der Waals surface area contributed by atoms with Crippen LogP contribution in [0.5, 0.6) is 5.75 Å². The Balaban J connectivity index is 2.19. The first kappa shape index (κ1) is 15.3. The molecule has 0 saturated carbocycles. The van der Waals surface area contributed by atoms with Crippen molar-refractivity contribution in [1.82, 2.24) is 4.57 Å². The van der Waals surface area contributed by atoms with E-state index in [1.54, 1.807) is 29.9 Å². The second-order valence-corrected chi connectivity index (χ2v) is 5.89. The fourth-order valence-corrected chi connectivity index (χ4v) is 3.47. The number of carbonyl (C=O) groups is 1. The summed E-state index contributed by atoms with van der Waals surface area (Å²) in [6.07, 6.45) is 0. The quantitative estimate of drug-likeness (QED) is 0.804. The summed E-state index contributed by atoms with van der Waals surface area (Å²) in [5, 5.41) is 14.5. The summed E-state index contributed by atoms with van der Waals surface area (Å²) in [5.74, 6) is -0.742. The lowest BCUT2D eigenvalue weighted by molar-refractivity contribution is 0.0984. The third-order valence-electron chi connectivity index (χ3n) is 3.86. The maximum atomic E-state index is 12.9. The van der Waals surface area contributed by atoms with Crippen molar-refractivity contribution in [2.75, 3.05) is 11.4 Å². The maximum Gasteiger partial charge on any atom is 0.267 e. The van der Waals surface area contributed by atoms with Gasteiger partial charge in [0.2, 0.25) is 0 Å². The summed E-state index contributed by atoms with van der Waals surface area (Å²) in [6, 6.07) is 9.10. The van der Waals surface area contributed by atoms with Gasteiger partial charge in [-0.3, -0.25) is 9.59 Å². The van der Waals surface area contributed by atoms with E-state index < -0.39 is 11.5 Å². The van der Waals surface area contributed by atoms with Crippen LogP contribution in [0, 0.1) is 0 Å². The molecule has 0 bridgehead atoms. The highest BCUT2D eigenvalue weighted by atomic mass is 32.1. The van der Waals surface area contributed by atoms with Gasteiger partial charge in [0.05, 0.1) is 10.9 Å². The van der Waals surface area contributed by atoms with Gasteiger partial charge < -0.3 is 14.6 Å². The summed E-state index contributed by atoms with van der Waals surface area (Å²) < 4.78 is 1.40. The predicted molar refractivity (Wildman–Crippen MR) is 92.5 cm³/mol. The minimum Gasteiger partial charge on any atom is -0.506 e. The zero-order valence-corrected chi connectivity index (χ0v) is 13.6. The molecule has 3 aromatic rings. The smallest absolute Gasteiger partial charge is 0.267 e. The molecule has 1 aromatic carbocycles. The van der Waals surface area contributed by atoms with Crippen molar-refractivity contribution < 1.29 is 9.90 Å². The minimum atomic E-state index is -0.495. The molecule has 5 nitrogen and oxygen atoms in total. The molecule has 0 aliphatic heterocycles. The third kappa shape index (κ3) is 2.41. The standard InChI is InChI=1S/C17H16N2O3S/c1-3-19(11-7-5-4-6-8-11)17(22)14-15(20)12-9-23-10-13(12)18(2)16(14)21/h4-10,20H,3H2,1-2H3. The van der Waals surface area contributed by atoms with Gasteiger partial charge in [0.25, 0.3) is 11.5 Å². The van der Waals surface area contributed by atoms with E-state index in [0.717, 1.165) is 0 Å². The van der Waals surface area contributed by atoms with Gasteiger partial charge in [0.1, 0.15) is 11.3 Å². The van der Waals surface area contributed by atoms with E-state index in [-0.39, 0.29) is 11.3 Å². The summed E-state index contributed by atoms with van der Waals surface area (Å²) >= 11 is 1.38. The number of thiophene rings is 1. The van der Waals surface area contributed by atoms with E-state index in [0.29, 0.717) is 23.1 Å². The first-order chi connectivity index (χ1) is 11.1. The molecule has 0 fully saturated rings. The molecule has 0 aliphatic rings. The van der Waals surface area contributed by atoms with E-state index in [2.05, 4.69) is 0 Å². The van der Waals surface area contributed by atoms with Gasteiger partial charge in [-0.2, -0.15) is 0 Å². The minimum absolute atomic E-state index is 0.191. The van der Waals surface area contributed by atoms with Crippen LogP contribution in [-0.2, 0) is 7.05 Å². The van der Waals surface area contributed by atoms with Gasteiger partial charge in [0, 0.05) is 30.0 Å². The molecule has 0 atom stereocenters. The molecule has 1 amide bonds. The van der Waals surface area contributed by atoms with Crippen molar-refractivity contribution in [2.24, 2.45) is 7.05 Å². The normalized spacial score (nSPS) is 10.9. The van der Waals surface area contributed by atoms with E-state index in [4.69, 9.17) is 0 Å². The van der Waals surface area contributed by atoms with Gasteiger partial charge in [-0.25, -0.2) is 0 Å². The van der Waals surface area contributed by atoms with Crippen LogP contribution in [0.25, 0.3) is 10.9 Å². The van der Waals surface area contributed by atoms with Crippen molar-refractivity contribution >= 4 is 33.8 Å². The zero-order chi connectivity index (χ0) is 16.6. The van der Waals surface area contributed by atoms with Gasteiger partial charge in [-0.15, -0.1) is 11.3 Å². The molecule has 6 heteroatoms. The van der Waals surface area contributed by atoms with Crippen molar-refractivity contribution in [3.05, 3.63) is 57.0 Å². The molecule has 0 spiro atoms. The highest BCUT2D eigenvalue weighted by Gasteiger charge is 2.26. The number of aromatic hydroxyl groups is 1. The molecular formula is C17H16N2O3S. The average Bonchev–Trinajstić information content (AvgIpc) is 3.05. The van der Waals surface area contributed by atoms with Gasteiger partial charge in [-0.05, 0) is 19.1 Å². The van der Waals surface area contributed by atoms with Crippen molar-refractivity contribution in [1.29, 1.82) is 0 Å². The molecule has 3 rings (SSSR count). The number of aryl methyl sites for hydroxylation is 1. The Kier molecular flexibility index (Phi) is 3.92. The lowest BCUT2D eigenvalue weighted by Gasteiger charge is -2.21. The number of pyridine rings is 1. The molecule has 0 unspecified atom stereocenters. The Hall–Kier alpha value is -2.60. The van der Waals surface area contributed by atoms with Crippen molar-refractivity contribution in [2.45, 2.75) is 6.92 Å². The van der Waals surface area contributed by atoms with Crippen LogP contribution in [0.15, 0.2) is 45.9 Å². The summed E-state index contributed by atoms with van der Waals surface area (Å²) in [5.41, 5.74) is 0.626. The van der Waals surface area contributed by atoms with Crippen molar-refractivity contribution in [3.63, 3.8) is 0 Å². The fraction of sp³-hybridized carbons (Fsp3) is 0.176. The van der Waals surface area contributed by atoms with Gasteiger partial charge >= 0.3 is 0 Å². The van der Waals surface area contributed by atoms with Crippen LogP contribution >= 0.6 is 11.3 Å². The van der Waals surface area contributed by atoms with Crippen LogP contribution in [0.2, 0.25) is 0 Å². The molecule has 0 radical (unpaired) electrons. The third-order valence-corrected chi connectivity index (χ3v) is 4.59. The average molecular weight is 328 g/mol. The summed E-state index contributed by atoms with van der Waals surface area (Å²) in [7, 11) is 1.60. The predicted octanol–water partition coefficient (Wildman–Crippen LogP) is 2.97. The molecule has 23 heavy (non-hydrogen) atoms. The number of benzene rings is 1. The number of para-hydroxylation sites is 1. The molecule has 2 aromatic heterocycles. The number of anilines is 1. The number of hydrogen-bond acceptors (Lipinski definition) is 4. The van der Waals surface area contributed by atoms with E-state index in [1.165, 1.54) is 20.8 Å². The number of amides is 1. The fourth-order valence-electron chi connectivity index (χ4n) is 2.62. The highest BCUT2D eigenvalue weighted by Crippen LogP contribution is 2.30. The van der Waals surface area contributed by atoms with E-state index in [9.17, 15) is 14.7 Å². The summed E-state index contributed by atoms with van der Waals surface area (Å²) in [6.45, 7) is 2.22. The number of nitrogens with zero attached hydrogens (tertiary/aromatic N) is 2. The van der Waals surface area contributed by atoms with Crippen LogP contribution in [0.1, 0.15) is 17.3 Å². The second kappa shape index (κ2) is 5.89. The Morgan fingerprint density at radius 1 is 1.26 bits per heavy atom. The lowest BCUT2D eigenvalue weighted by atomic mass is 10.1. The molecule has 118 valence electrons. The molecule has 2 heterocycles. The van der Waals surface area contributed by atoms with Crippen LogP contribution < -0.4 is 10.5 Å². The van der Waals surface area contributed by atoms with E-state index >= 15 is 0 Å². The Morgan fingerprint density at radius 2 is 1.96 bits per heavy atom. The van der Waals surface area contributed by atoms with Gasteiger partial charge in [-0.1, -0.05) is 18.2 Å². The number of fused-ring (bicyclic) bond motifs is 1. The number of rotatable bonds is 3. The number of carbonyl (C=O) groups excluding carboxylic acids is 1. The lowest BCUT2D eigenvalue weighted by Crippen LogP contribution is -2.36. The monoisotopic (exact) mass is 328 g/mol. The largest absolute Gasteiger partial charge is 0.506 e. The zero-order valence-electron chi connectivity index (χ0n) is 12.8. The maximum absolute atomic E-state index is 12.9. The van der Waals surface area contributed by atoms with Crippen LogP contribution in [0.3, 0.4) is 0 Å². The summed E-state index contributed by atoms with van der Waals surface area (Å²) in [4.78, 5) is 26.9. The van der Waals surface area contributed by atoms with Crippen LogP contribution in [0.4, 0.5) is 5.69 Å². The number of aromatic nitrogens is 1. The number of hydrogen-bond donors (Lipinski definition) is 1. The molecule has 1 N–H and O–H groups in total. The second-order valence-electron chi connectivity index (χ2n) is 5.14. The topological polar surface area (TPSA) is 62.5 Å². The van der Waals surface area contributed by atoms with Crippen LogP contribution in [-0.4, -0.2) is 22.1 Å². The van der Waals surface area contributed by atoms with Gasteiger partial charge in [0.15, 0.2) is 0 Å². The Bertz CT molecular complexity index is 928. The Labute approximate surface area is 137 Å². The molecular weight excluding hydrogens is 312 g/mol. The highest BCUT2D eigenvalue weighted by molar-refractivity contribution is 7.09.